The van der Waals surface area contributed by atoms with Crippen LogP contribution in [0.25, 0.3) is 0 Å². The quantitative estimate of drug-likeness (QED) is 0.0203. The first kappa shape index (κ1) is 55.3. The van der Waals surface area contributed by atoms with Crippen LogP contribution in [0.15, 0.2) is 146 Å². The summed E-state index contributed by atoms with van der Waals surface area (Å²) in [5.74, 6) is -1.13. The second kappa shape index (κ2) is 47.0. The smallest absolute Gasteiger partial charge is 0.309 e. The number of allylic oxidation sites excluding steroid dienone is 23. The average molecular weight is 825 g/mol. The van der Waals surface area contributed by atoms with E-state index >= 15 is 0 Å². The minimum absolute atomic E-state index is 0.117. The Morgan fingerprint density at radius 1 is 0.367 bits per heavy atom. The van der Waals surface area contributed by atoms with Gasteiger partial charge in [0.25, 0.3) is 0 Å². The summed E-state index contributed by atoms with van der Waals surface area (Å²) in [4.78, 5) is 37.7. The van der Waals surface area contributed by atoms with Gasteiger partial charge in [0.2, 0.25) is 0 Å². The lowest BCUT2D eigenvalue weighted by Gasteiger charge is -2.18. The van der Waals surface area contributed by atoms with Gasteiger partial charge in [0, 0.05) is 12.8 Å². The van der Waals surface area contributed by atoms with Crippen LogP contribution in [0.5, 0.6) is 0 Å². The molecule has 1 atom stereocenters. The van der Waals surface area contributed by atoms with Crippen LogP contribution >= 0.6 is 0 Å². The van der Waals surface area contributed by atoms with Crippen molar-refractivity contribution in [3.63, 3.8) is 0 Å². The van der Waals surface area contributed by atoms with Crippen LogP contribution < -0.4 is 0 Å². The summed E-state index contributed by atoms with van der Waals surface area (Å²) in [6, 6.07) is 0. The third-order valence-corrected chi connectivity index (χ3v) is 8.80. The number of ether oxygens (including phenoxy) is 3. The number of hydrogen-bond donors (Lipinski definition) is 0. The molecule has 0 aliphatic heterocycles. The fraction of sp³-hybridized carbons (Fsp3) is 0.500. The molecule has 0 aromatic heterocycles. The van der Waals surface area contributed by atoms with Gasteiger partial charge in [0.05, 0.1) is 6.42 Å². The average Bonchev–Trinajstić information content (AvgIpc) is 3.24. The highest BCUT2D eigenvalue weighted by Gasteiger charge is 2.19. The maximum Gasteiger partial charge on any atom is 0.309 e. The van der Waals surface area contributed by atoms with Crippen LogP contribution in [0.2, 0.25) is 0 Å². The Balaban J connectivity index is 4.56. The summed E-state index contributed by atoms with van der Waals surface area (Å²) >= 11 is 0. The standard InChI is InChI=1S/C54H80O6/c1-4-7-10-13-16-19-21-23-25-26-27-28-29-31-32-35-38-41-44-47-53(56)59-50-51(49-58-52(55)46-43-40-37-34-18-15-12-9-6-3)60-54(57)48-45-42-39-36-33-30-24-22-20-17-14-11-8-5-2/h7-13,16-21,23,25-29,31-32,34,40,43,51H,4-6,14-15,22,24,30,33,35-39,41-42,44-50H2,1-3H3/b10-7-,11-8-,12-9-,16-13-,20-17-,21-19-,25-23-,27-26+,29-28-,32-31-,34-18-,43-40-. The Kier molecular flexibility index (Phi) is 43.3. The van der Waals surface area contributed by atoms with Crippen LogP contribution in [-0.2, 0) is 28.6 Å². The summed E-state index contributed by atoms with van der Waals surface area (Å²) in [5, 5.41) is 0. The second-order valence-electron chi connectivity index (χ2n) is 14.4. The normalized spacial score (nSPS) is 13.4. The Morgan fingerprint density at radius 2 is 0.750 bits per heavy atom. The third-order valence-electron chi connectivity index (χ3n) is 8.80. The van der Waals surface area contributed by atoms with Crippen molar-refractivity contribution in [3.05, 3.63) is 146 Å². The minimum atomic E-state index is -0.841. The molecule has 0 fully saturated rings. The zero-order chi connectivity index (χ0) is 43.7. The Hall–Kier alpha value is -4.71. The van der Waals surface area contributed by atoms with Crippen molar-refractivity contribution in [2.24, 2.45) is 0 Å². The van der Waals surface area contributed by atoms with Gasteiger partial charge >= 0.3 is 17.9 Å². The molecule has 0 aliphatic rings. The van der Waals surface area contributed by atoms with Crippen molar-refractivity contribution < 1.29 is 28.6 Å². The highest BCUT2D eigenvalue weighted by atomic mass is 16.6. The fourth-order valence-corrected chi connectivity index (χ4v) is 5.46. The van der Waals surface area contributed by atoms with Crippen LogP contribution in [0.3, 0.4) is 0 Å². The van der Waals surface area contributed by atoms with Crippen LogP contribution in [-0.4, -0.2) is 37.2 Å². The van der Waals surface area contributed by atoms with Crippen LogP contribution in [0, 0.1) is 0 Å². The van der Waals surface area contributed by atoms with E-state index in [-0.39, 0.29) is 44.4 Å². The number of carbonyl (C=O) groups excluding carboxylic acids is 3. The Labute approximate surface area is 366 Å². The predicted molar refractivity (Wildman–Crippen MR) is 255 cm³/mol. The lowest BCUT2D eigenvalue weighted by atomic mass is 10.1. The van der Waals surface area contributed by atoms with E-state index in [2.05, 4.69) is 81.5 Å². The molecule has 0 saturated carbocycles. The molecule has 0 spiro atoms. The number of unbranched alkanes of at least 4 members (excludes halogenated alkanes) is 10. The topological polar surface area (TPSA) is 78.9 Å². The first-order valence-electron chi connectivity index (χ1n) is 22.9. The van der Waals surface area contributed by atoms with E-state index in [1.165, 1.54) is 19.3 Å². The van der Waals surface area contributed by atoms with E-state index < -0.39 is 12.1 Å². The largest absolute Gasteiger partial charge is 0.462 e. The molecule has 0 aromatic carbocycles. The maximum absolute atomic E-state index is 12.7. The van der Waals surface area contributed by atoms with Gasteiger partial charge in [-0.2, -0.15) is 0 Å². The van der Waals surface area contributed by atoms with E-state index in [0.717, 1.165) is 89.9 Å². The summed E-state index contributed by atoms with van der Waals surface area (Å²) in [5.41, 5.74) is 0. The number of carbonyl (C=O) groups is 3. The molecule has 6 nitrogen and oxygen atoms in total. The molecule has 0 aliphatic carbocycles. The molecule has 332 valence electrons. The molecule has 0 bridgehead atoms. The molecule has 0 rings (SSSR count). The molecule has 0 radical (unpaired) electrons. The first-order valence-corrected chi connectivity index (χ1v) is 22.9. The zero-order valence-electron chi connectivity index (χ0n) is 37.6. The Bertz CT molecular complexity index is 1410. The highest BCUT2D eigenvalue weighted by molar-refractivity contribution is 5.72. The minimum Gasteiger partial charge on any atom is -0.462 e. The van der Waals surface area contributed by atoms with Crippen molar-refractivity contribution in [2.75, 3.05) is 13.2 Å². The van der Waals surface area contributed by atoms with Gasteiger partial charge in [-0.15, -0.1) is 0 Å². The van der Waals surface area contributed by atoms with Crippen molar-refractivity contribution in [1.82, 2.24) is 0 Å². The monoisotopic (exact) mass is 825 g/mol. The highest BCUT2D eigenvalue weighted by Crippen LogP contribution is 2.12. The van der Waals surface area contributed by atoms with Gasteiger partial charge in [-0.1, -0.05) is 205 Å². The lowest BCUT2D eigenvalue weighted by molar-refractivity contribution is -0.166. The molecule has 6 heteroatoms. The molecule has 0 saturated heterocycles. The van der Waals surface area contributed by atoms with Crippen molar-refractivity contribution in [1.29, 1.82) is 0 Å². The van der Waals surface area contributed by atoms with Crippen molar-refractivity contribution in [2.45, 2.75) is 162 Å². The zero-order valence-corrected chi connectivity index (χ0v) is 37.6. The van der Waals surface area contributed by atoms with Gasteiger partial charge in [-0.3, -0.25) is 14.4 Å². The van der Waals surface area contributed by atoms with Gasteiger partial charge < -0.3 is 14.2 Å². The number of hydrogen-bond acceptors (Lipinski definition) is 6. The summed E-state index contributed by atoms with van der Waals surface area (Å²) in [6.07, 6.45) is 67.2. The summed E-state index contributed by atoms with van der Waals surface area (Å²) < 4.78 is 16.5. The lowest BCUT2D eigenvalue weighted by Crippen LogP contribution is -2.30. The molecule has 0 aromatic rings. The predicted octanol–water partition coefficient (Wildman–Crippen LogP) is 14.9. The van der Waals surface area contributed by atoms with Crippen LogP contribution in [0.4, 0.5) is 0 Å². The molecule has 60 heavy (non-hydrogen) atoms. The van der Waals surface area contributed by atoms with E-state index in [1.807, 2.05) is 79.0 Å². The molecular weight excluding hydrogens is 745 g/mol. The second-order valence-corrected chi connectivity index (χ2v) is 14.4. The van der Waals surface area contributed by atoms with Gasteiger partial charge in [0.15, 0.2) is 6.10 Å². The van der Waals surface area contributed by atoms with Gasteiger partial charge in [0.1, 0.15) is 13.2 Å². The SMILES string of the molecule is CC\C=C/C=C\C=C/C=C\C=C\C=C/C=C\CCCCCC(=O)OCC(COC(=O)C/C=C\C/C=C\C/C=C\CC)OC(=O)CCCCCCCCC/C=C\C/C=C\CC. The fourth-order valence-electron chi connectivity index (χ4n) is 5.46. The molecule has 0 N–H and O–H groups in total. The summed E-state index contributed by atoms with van der Waals surface area (Å²) in [6.45, 7) is 6.08. The Morgan fingerprint density at radius 3 is 1.30 bits per heavy atom. The van der Waals surface area contributed by atoms with E-state index in [0.29, 0.717) is 6.42 Å². The first-order chi connectivity index (χ1) is 29.5. The van der Waals surface area contributed by atoms with E-state index in [9.17, 15) is 14.4 Å². The number of esters is 3. The molecule has 1 unspecified atom stereocenters. The molecule has 0 heterocycles. The molecular formula is C54H80O6. The van der Waals surface area contributed by atoms with E-state index in [4.69, 9.17) is 14.2 Å². The van der Waals surface area contributed by atoms with Crippen molar-refractivity contribution >= 4 is 17.9 Å². The molecule has 0 amide bonds. The van der Waals surface area contributed by atoms with Gasteiger partial charge in [-0.25, -0.2) is 0 Å². The van der Waals surface area contributed by atoms with Crippen molar-refractivity contribution in [3.8, 4) is 0 Å². The van der Waals surface area contributed by atoms with Gasteiger partial charge in [-0.05, 0) is 77.0 Å². The third kappa shape index (κ3) is 44.4. The summed E-state index contributed by atoms with van der Waals surface area (Å²) in [7, 11) is 0. The maximum atomic E-state index is 12.7. The van der Waals surface area contributed by atoms with E-state index in [1.54, 1.807) is 6.08 Å². The number of rotatable bonds is 38. The van der Waals surface area contributed by atoms with Crippen LogP contribution in [0.1, 0.15) is 156 Å².